The van der Waals surface area contributed by atoms with E-state index in [-0.39, 0.29) is 21.1 Å². The Bertz CT molecular complexity index is 2000. The van der Waals surface area contributed by atoms with Crippen molar-refractivity contribution >= 4 is 49.4 Å². The van der Waals surface area contributed by atoms with Crippen LogP contribution in [0.1, 0.15) is 0 Å². The van der Waals surface area contributed by atoms with Gasteiger partial charge in [-0.2, -0.15) is 18.8 Å². The standard InChI is InChI=1S/C33H22N5.Pt/c1-35-18-19-36(22-35)23-8-6-9-24(20-23)37-30-13-4-2-10-26(30)28-16-15-25(21-32(28)37)38-31-14-5-3-11-27(31)29-12-7-17-34-33(29)38;/h2-19,22H,1H3;/q-3;. The Morgan fingerprint density at radius 3 is 2.10 bits per heavy atom. The van der Waals surface area contributed by atoms with Crippen LogP contribution >= 0.6 is 0 Å². The molecule has 0 saturated heterocycles. The van der Waals surface area contributed by atoms with Crippen LogP contribution in [-0.2, 0) is 21.1 Å². The molecule has 0 fully saturated rings. The van der Waals surface area contributed by atoms with E-state index in [0.29, 0.717) is 0 Å². The molecule has 0 unspecified atom stereocenters. The molecule has 0 radical (unpaired) electrons. The van der Waals surface area contributed by atoms with Crippen molar-refractivity contribution in [3.05, 3.63) is 128 Å². The first-order chi connectivity index (χ1) is 18.8. The number of para-hydroxylation sites is 2. The molecule has 0 spiro atoms. The summed E-state index contributed by atoms with van der Waals surface area (Å²) >= 11 is 0. The normalized spacial score (nSPS) is 13.3. The van der Waals surface area contributed by atoms with Gasteiger partial charge in [0.1, 0.15) is 5.65 Å². The van der Waals surface area contributed by atoms with Crippen LogP contribution in [0.3, 0.4) is 0 Å². The summed E-state index contributed by atoms with van der Waals surface area (Å²) in [4.78, 5) is 8.88. The SMILES string of the molecule is CN1C=CN(c2[c-]c(-n3c4[c-]c(-n5c6ccccc6c6cccnc65)ccc4c4ccccc43)ccc2)[CH-]1.[Pt]. The number of nitrogens with zero attached hydrogens (tertiary/aromatic N) is 5. The van der Waals surface area contributed by atoms with Gasteiger partial charge >= 0.3 is 0 Å². The van der Waals surface area contributed by atoms with Crippen molar-refractivity contribution in [2.75, 3.05) is 11.9 Å². The van der Waals surface area contributed by atoms with E-state index in [1.807, 2.05) is 43.3 Å². The molecule has 4 heterocycles. The van der Waals surface area contributed by atoms with Crippen LogP contribution < -0.4 is 4.90 Å². The minimum atomic E-state index is 0. The van der Waals surface area contributed by atoms with Crippen LogP contribution in [0.15, 0.2) is 110 Å². The van der Waals surface area contributed by atoms with Gasteiger partial charge in [0.25, 0.3) is 0 Å². The minimum Gasteiger partial charge on any atom is -0.510 e. The largest absolute Gasteiger partial charge is 0.510 e. The van der Waals surface area contributed by atoms with E-state index >= 15 is 0 Å². The van der Waals surface area contributed by atoms with E-state index in [4.69, 9.17) is 4.98 Å². The van der Waals surface area contributed by atoms with Crippen molar-refractivity contribution in [1.82, 2.24) is 19.0 Å². The Morgan fingerprint density at radius 1 is 0.615 bits per heavy atom. The molecular weight excluding hydrogens is 661 g/mol. The first-order valence-corrected chi connectivity index (χ1v) is 12.6. The molecule has 1 aliphatic heterocycles. The molecule has 3 aromatic heterocycles. The molecule has 0 aliphatic carbocycles. The van der Waals surface area contributed by atoms with E-state index in [2.05, 4.69) is 111 Å². The first-order valence-electron chi connectivity index (χ1n) is 12.6. The predicted octanol–water partition coefficient (Wildman–Crippen LogP) is 7.22. The fourth-order valence-corrected chi connectivity index (χ4v) is 5.62. The quantitative estimate of drug-likeness (QED) is 0.185. The third-order valence-corrected chi connectivity index (χ3v) is 7.30. The maximum Gasteiger partial charge on any atom is 0.143 e. The average molecular weight is 684 g/mol. The van der Waals surface area contributed by atoms with E-state index in [1.165, 1.54) is 10.8 Å². The van der Waals surface area contributed by atoms with Crippen LogP contribution in [0, 0.1) is 18.8 Å². The molecule has 0 bridgehead atoms. The maximum atomic E-state index is 4.77. The van der Waals surface area contributed by atoms with Crippen LogP contribution in [0.5, 0.6) is 0 Å². The molecule has 1 aliphatic rings. The topological polar surface area (TPSA) is 29.2 Å². The number of hydrogen-bond donors (Lipinski definition) is 0. The second kappa shape index (κ2) is 9.14. The zero-order valence-corrected chi connectivity index (χ0v) is 23.3. The summed E-state index contributed by atoms with van der Waals surface area (Å²) in [5, 5.41) is 4.67. The summed E-state index contributed by atoms with van der Waals surface area (Å²) < 4.78 is 4.48. The van der Waals surface area contributed by atoms with Gasteiger partial charge in [-0.3, -0.25) is 0 Å². The zero-order valence-electron chi connectivity index (χ0n) is 21.0. The summed E-state index contributed by atoms with van der Waals surface area (Å²) in [6.45, 7) is 2.04. The summed E-state index contributed by atoms with van der Waals surface area (Å²) in [6, 6.07) is 39.2. The third kappa shape index (κ3) is 3.61. The fraction of sp³-hybridized carbons (Fsp3) is 0.0303. The number of rotatable bonds is 3. The Kier molecular flexibility index (Phi) is 5.57. The smallest absolute Gasteiger partial charge is 0.143 e. The average Bonchev–Trinajstić information content (AvgIpc) is 3.64. The van der Waals surface area contributed by atoms with Gasteiger partial charge in [0.05, 0.1) is 5.52 Å². The van der Waals surface area contributed by atoms with Gasteiger partial charge in [0, 0.05) is 43.6 Å². The number of aromatic nitrogens is 3. The molecule has 39 heavy (non-hydrogen) atoms. The van der Waals surface area contributed by atoms with Gasteiger partial charge in [0.2, 0.25) is 0 Å². The summed E-state index contributed by atoms with van der Waals surface area (Å²) in [6.07, 6.45) is 5.93. The van der Waals surface area contributed by atoms with Crippen molar-refractivity contribution < 1.29 is 21.1 Å². The molecule has 6 heteroatoms. The summed E-state index contributed by atoms with van der Waals surface area (Å²) in [7, 11) is 2.02. The number of anilines is 1. The second-order valence-electron chi connectivity index (χ2n) is 9.59. The van der Waals surface area contributed by atoms with Crippen molar-refractivity contribution in [3.63, 3.8) is 0 Å². The van der Waals surface area contributed by atoms with Gasteiger partial charge in [-0.15, -0.1) is 41.4 Å². The van der Waals surface area contributed by atoms with E-state index in [1.54, 1.807) is 0 Å². The molecule has 4 aromatic carbocycles. The maximum absolute atomic E-state index is 4.77. The van der Waals surface area contributed by atoms with E-state index in [0.717, 1.165) is 50.0 Å². The second-order valence-corrected chi connectivity index (χ2v) is 9.59. The van der Waals surface area contributed by atoms with Crippen LogP contribution in [-0.4, -0.2) is 26.1 Å². The summed E-state index contributed by atoms with van der Waals surface area (Å²) in [5.74, 6) is 0. The molecule has 8 rings (SSSR count). The predicted molar refractivity (Wildman–Crippen MR) is 154 cm³/mol. The van der Waals surface area contributed by atoms with Gasteiger partial charge < -0.3 is 18.9 Å². The molecule has 0 atom stereocenters. The van der Waals surface area contributed by atoms with Crippen molar-refractivity contribution in [2.45, 2.75) is 0 Å². The molecule has 5 nitrogen and oxygen atoms in total. The number of pyridine rings is 1. The van der Waals surface area contributed by atoms with Gasteiger partial charge in [-0.05, 0) is 49.1 Å². The molecular formula is C33H22N5Pt-3. The van der Waals surface area contributed by atoms with E-state index < -0.39 is 0 Å². The number of hydrogen-bond acceptors (Lipinski definition) is 3. The third-order valence-electron chi connectivity index (χ3n) is 7.30. The Balaban J connectivity index is 0.00000253. The summed E-state index contributed by atoms with van der Waals surface area (Å²) in [5.41, 5.74) is 7.10. The molecule has 0 amide bonds. The molecule has 7 aromatic rings. The molecule has 192 valence electrons. The van der Waals surface area contributed by atoms with Crippen molar-refractivity contribution in [3.8, 4) is 11.4 Å². The van der Waals surface area contributed by atoms with E-state index in [9.17, 15) is 0 Å². The zero-order chi connectivity index (χ0) is 25.2. The monoisotopic (exact) mass is 683 g/mol. The Hall–Kier alpha value is -4.34. The van der Waals surface area contributed by atoms with Crippen molar-refractivity contribution in [1.29, 1.82) is 0 Å². The minimum absolute atomic E-state index is 0. The molecule has 0 N–H and O–H groups in total. The van der Waals surface area contributed by atoms with Gasteiger partial charge in [-0.25, -0.2) is 4.98 Å². The number of benzene rings is 4. The van der Waals surface area contributed by atoms with Gasteiger partial charge in [-0.1, -0.05) is 53.3 Å². The van der Waals surface area contributed by atoms with Crippen LogP contribution in [0.4, 0.5) is 5.69 Å². The number of fused-ring (bicyclic) bond motifs is 6. The fourth-order valence-electron chi connectivity index (χ4n) is 5.62. The first kappa shape index (κ1) is 23.8. The Morgan fingerprint density at radius 2 is 1.31 bits per heavy atom. The Labute approximate surface area is 240 Å². The van der Waals surface area contributed by atoms with Gasteiger partial charge in [0.15, 0.2) is 0 Å². The van der Waals surface area contributed by atoms with Crippen molar-refractivity contribution in [2.24, 2.45) is 0 Å². The molecule has 0 saturated carbocycles. The van der Waals surface area contributed by atoms with Crippen LogP contribution in [0.25, 0.3) is 55.1 Å². The van der Waals surface area contributed by atoms with Crippen LogP contribution in [0.2, 0.25) is 0 Å².